The van der Waals surface area contributed by atoms with Gasteiger partial charge >= 0.3 is 0 Å². The first kappa shape index (κ1) is 9.08. The maximum absolute atomic E-state index is 9.64. The van der Waals surface area contributed by atoms with Gasteiger partial charge in [-0.1, -0.05) is 0 Å². The smallest absolute Gasteiger partial charge is 0.128 e. The van der Waals surface area contributed by atoms with Crippen molar-refractivity contribution in [3.63, 3.8) is 0 Å². The summed E-state index contributed by atoms with van der Waals surface area (Å²) in [7, 11) is 0. The number of rotatable bonds is 0. The Kier molecular flexibility index (Phi) is 2.33. The third-order valence-electron chi connectivity index (χ3n) is 2.14. The van der Waals surface area contributed by atoms with Crippen molar-refractivity contribution < 1.29 is 9.84 Å². The molecular formula is C9H10INO2. The highest BCUT2D eigenvalue weighted by Crippen LogP contribution is 2.38. The zero-order chi connectivity index (χ0) is 9.42. The van der Waals surface area contributed by atoms with E-state index in [0.717, 1.165) is 21.3 Å². The second kappa shape index (κ2) is 3.34. The predicted octanol–water partition coefficient (Wildman–Crippen LogP) is 1.78. The predicted molar refractivity (Wildman–Crippen MR) is 57.9 cm³/mol. The fourth-order valence-corrected chi connectivity index (χ4v) is 2.09. The molecule has 0 amide bonds. The Morgan fingerprint density at radius 3 is 3.08 bits per heavy atom. The molecule has 13 heavy (non-hydrogen) atoms. The number of phenols is 1. The van der Waals surface area contributed by atoms with E-state index in [9.17, 15) is 5.11 Å². The first-order valence-electron chi connectivity index (χ1n) is 4.09. The lowest BCUT2D eigenvalue weighted by Crippen LogP contribution is -2.20. The van der Waals surface area contributed by atoms with Crippen LogP contribution in [0.15, 0.2) is 12.1 Å². The van der Waals surface area contributed by atoms with Crippen molar-refractivity contribution in [2.24, 2.45) is 5.73 Å². The highest BCUT2D eigenvalue weighted by molar-refractivity contribution is 14.1. The van der Waals surface area contributed by atoms with E-state index in [1.807, 2.05) is 6.07 Å². The normalized spacial score (nSPS) is 20.6. The van der Waals surface area contributed by atoms with Gasteiger partial charge in [0, 0.05) is 16.0 Å². The Morgan fingerprint density at radius 1 is 1.54 bits per heavy atom. The van der Waals surface area contributed by atoms with Crippen LogP contribution in [0.5, 0.6) is 11.5 Å². The van der Waals surface area contributed by atoms with Crippen LogP contribution in [0.4, 0.5) is 0 Å². The lowest BCUT2D eigenvalue weighted by molar-refractivity contribution is 0.263. The third-order valence-corrected chi connectivity index (χ3v) is 2.77. The standard InChI is InChI=1S/C9H10INO2/c10-5-3-7(12)9-6(11)1-2-13-8(9)4-5/h3-4,6,12H,1-2,11H2/t6-/m1/s1. The second-order valence-corrected chi connectivity index (χ2v) is 4.33. The Labute approximate surface area is 90.0 Å². The van der Waals surface area contributed by atoms with Crippen LogP contribution in [0.3, 0.4) is 0 Å². The van der Waals surface area contributed by atoms with E-state index in [1.54, 1.807) is 6.07 Å². The number of ether oxygens (including phenoxy) is 1. The quantitative estimate of drug-likeness (QED) is 0.716. The van der Waals surface area contributed by atoms with Gasteiger partial charge in [0.1, 0.15) is 11.5 Å². The van der Waals surface area contributed by atoms with Crippen LogP contribution in [0.2, 0.25) is 0 Å². The van der Waals surface area contributed by atoms with Crippen molar-refractivity contribution in [2.45, 2.75) is 12.5 Å². The maximum atomic E-state index is 9.64. The molecule has 1 aromatic rings. The lowest BCUT2D eigenvalue weighted by Gasteiger charge is -2.23. The Bertz CT molecular complexity index is 341. The van der Waals surface area contributed by atoms with Crippen molar-refractivity contribution >= 4 is 22.6 Å². The molecule has 1 heterocycles. The zero-order valence-corrected chi connectivity index (χ0v) is 9.11. The molecule has 0 saturated carbocycles. The SMILES string of the molecule is N[C@@H]1CCOc2cc(I)cc(O)c21. The van der Waals surface area contributed by atoms with Gasteiger partial charge in [-0.05, 0) is 34.7 Å². The number of benzene rings is 1. The molecule has 70 valence electrons. The molecule has 1 aliphatic rings. The van der Waals surface area contributed by atoms with E-state index in [1.165, 1.54) is 0 Å². The Morgan fingerprint density at radius 2 is 2.31 bits per heavy atom. The average molecular weight is 291 g/mol. The number of halogens is 1. The van der Waals surface area contributed by atoms with Gasteiger partial charge in [0.05, 0.1) is 12.2 Å². The summed E-state index contributed by atoms with van der Waals surface area (Å²) in [5.41, 5.74) is 6.60. The summed E-state index contributed by atoms with van der Waals surface area (Å²) in [6.07, 6.45) is 0.765. The van der Waals surface area contributed by atoms with Gasteiger partial charge in [0.15, 0.2) is 0 Å². The number of hydrogen-bond acceptors (Lipinski definition) is 3. The number of fused-ring (bicyclic) bond motifs is 1. The molecular weight excluding hydrogens is 281 g/mol. The van der Waals surface area contributed by atoms with Gasteiger partial charge in [-0.25, -0.2) is 0 Å². The van der Waals surface area contributed by atoms with E-state index in [2.05, 4.69) is 22.6 Å². The summed E-state index contributed by atoms with van der Waals surface area (Å²) in [4.78, 5) is 0. The largest absolute Gasteiger partial charge is 0.507 e. The van der Waals surface area contributed by atoms with E-state index in [-0.39, 0.29) is 11.8 Å². The fourth-order valence-electron chi connectivity index (χ4n) is 1.51. The minimum Gasteiger partial charge on any atom is -0.507 e. The van der Waals surface area contributed by atoms with E-state index < -0.39 is 0 Å². The van der Waals surface area contributed by atoms with Gasteiger partial charge in [-0.15, -0.1) is 0 Å². The van der Waals surface area contributed by atoms with Crippen LogP contribution in [0.25, 0.3) is 0 Å². The lowest BCUT2D eigenvalue weighted by atomic mass is 10.0. The Hall–Kier alpha value is -0.490. The van der Waals surface area contributed by atoms with E-state index in [0.29, 0.717) is 6.61 Å². The van der Waals surface area contributed by atoms with Gasteiger partial charge in [0.2, 0.25) is 0 Å². The van der Waals surface area contributed by atoms with Crippen LogP contribution in [-0.2, 0) is 0 Å². The monoisotopic (exact) mass is 291 g/mol. The summed E-state index contributed by atoms with van der Waals surface area (Å²) in [6.45, 7) is 0.633. The molecule has 0 saturated heterocycles. The van der Waals surface area contributed by atoms with Gasteiger partial charge in [0.25, 0.3) is 0 Å². The topological polar surface area (TPSA) is 55.5 Å². The first-order chi connectivity index (χ1) is 6.18. The van der Waals surface area contributed by atoms with Crippen LogP contribution in [-0.4, -0.2) is 11.7 Å². The molecule has 2 rings (SSSR count). The molecule has 1 atom stereocenters. The fraction of sp³-hybridized carbons (Fsp3) is 0.333. The summed E-state index contributed by atoms with van der Waals surface area (Å²) in [6, 6.07) is 3.50. The molecule has 0 aliphatic carbocycles. The summed E-state index contributed by atoms with van der Waals surface area (Å²) in [5, 5.41) is 9.64. The molecule has 0 spiro atoms. The van der Waals surface area contributed by atoms with Gasteiger partial charge in [-0.2, -0.15) is 0 Å². The van der Waals surface area contributed by atoms with Crippen LogP contribution >= 0.6 is 22.6 Å². The van der Waals surface area contributed by atoms with Gasteiger partial charge < -0.3 is 15.6 Å². The number of nitrogens with two attached hydrogens (primary N) is 1. The van der Waals surface area contributed by atoms with Crippen LogP contribution in [0.1, 0.15) is 18.0 Å². The molecule has 0 aromatic heterocycles. The summed E-state index contributed by atoms with van der Waals surface area (Å²) < 4.78 is 6.37. The van der Waals surface area contributed by atoms with Crippen LogP contribution in [0, 0.1) is 3.57 Å². The van der Waals surface area contributed by atoms with Crippen LogP contribution < -0.4 is 10.5 Å². The van der Waals surface area contributed by atoms with Crippen molar-refractivity contribution in [3.05, 3.63) is 21.3 Å². The summed E-state index contributed by atoms with van der Waals surface area (Å²) in [5.74, 6) is 0.970. The summed E-state index contributed by atoms with van der Waals surface area (Å²) >= 11 is 2.14. The molecule has 3 N–H and O–H groups in total. The highest BCUT2D eigenvalue weighted by Gasteiger charge is 2.22. The van der Waals surface area contributed by atoms with Crippen molar-refractivity contribution in [1.82, 2.24) is 0 Å². The van der Waals surface area contributed by atoms with Crippen molar-refractivity contribution in [3.8, 4) is 11.5 Å². The third kappa shape index (κ3) is 1.60. The van der Waals surface area contributed by atoms with E-state index in [4.69, 9.17) is 10.5 Å². The average Bonchev–Trinajstić information content (AvgIpc) is 2.02. The van der Waals surface area contributed by atoms with E-state index >= 15 is 0 Å². The minimum atomic E-state index is -0.0965. The Balaban J connectivity index is 2.56. The van der Waals surface area contributed by atoms with Crippen molar-refractivity contribution in [2.75, 3.05) is 6.61 Å². The number of hydrogen-bond donors (Lipinski definition) is 2. The molecule has 1 aliphatic heterocycles. The molecule has 0 bridgehead atoms. The van der Waals surface area contributed by atoms with Gasteiger partial charge in [-0.3, -0.25) is 0 Å². The minimum absolute atomic E-state index is 0.0965. The number of aromatic hydroxyl groups is 1. The maximum Gasteiger partial charge on any atom is 0.128 e. The highest BCUT2D eigenvalue weighted by atomic mass is 127. The molecule has 0 radical (unpaired) electrons. The van der Waals surface area contributed by atoms with Crippen molar-refractivity contribution in [1.29, 1.82) is 0 Å². The number of phenolic OH excluding ortho intramolecular Hbond substituents is 1. The second-order valence-electron chi connectivity index (χ2n) is 3.08. The zero-order valence-electron chi connectivity index (χ0n) is 6.96. The molecule has 4 heteroatoms. The molecule has 1 aromatic carbocycles. The molecule has 3 nitrogen and oxygen atoms in total. The first-order valence-corrected chi connectivity index (χ1v) is 5.17. The molecule has 0 unspecified atom stereocenters. The molecule has 0 fully saturated rings.